The van der Waals surface area contributed by atoms with E-state index >= 15 is 0 Å². The van der Waals surface area contributed by atoms with Gasteiger partial charge in [-0.2, -0.15) is 0 Å². The molecule has 156 valence electrons. The molecule has 3 rings (SSSR count). The van der Waals surface area contributed by atoms with Crippen LogP contribution in [0.3, 0.4) is 0 Å². The fourth-order valence-corrected chi connectivity index (χ4v) is 3.40. The number of non-ortho nitro benzene ring substituents is 1. The number of aryl methyl sites for hydroxylation is 1. The van der Waals surface area contributed by atoms with Crippen LogP contribution in [0.1, 0.15) is 37.1 Å². The molecule has 0 fully saturated rings. The molecule has 30 heavy (non-hydrogen) atoms. The van der Waals surface area contributed by atoms with Crippen molar-refractivity contribution in [1.29, 1.82) is 0 Å². The molecule has 0 saturated heterocycles. The first kappa shape index (κ1) is 21.5. The first-order chi connectivity index (χ1) is 14.4. The Morgan fingerprint density at radius 2 is 1.80 bits per heavy atom. The number of nitro groups is 1. The van der Waals surface area contributed by atoms with Crippen molar-refractivity contribution in [2.75, 3.05) is 6.54 Å². The second kappa shape index (κ2) is 9.54. The summed E-state index contributed by atoms with van der Waals surface area (Å²) in [6, 6.07) is 13.5. The van der Waals surface area contributed by atoms with Gasteiger partial charge in [-0.25, -0.2) is 4.68 Å². The third-order valence-corrected chi connectivity index (χ3v) is 5.06. The number of rotatable bonds is 8. The number of hydrogen-bond donors (Lipinski definition) is 1. The minimum Gasteiger partial charge on any atom is -0.294 e. The van der Waals surface area contributed by atoms with Gasteiger partial charge in [0.15, 0.2) is 0 Å². The molecule has 8 heteroatoms. The Kier molecular flexibility index (Phi) is 6.84. The van der Waals surface area contributed by atoms with Gasteiger partial charge in [-0.3, -0.25) is 25.0 Å². The van der Waals surface area contributed by atoms with Crippen LogP contribution in [0.25, 0.3) is 5.69 Å². The number of nitrogens with one attached hydrogen (secondary N) is 1. The molecule has 1 heterocycles. The van der Waals surface area contributed by atoms with Gasteiger partial charge in [-0.15, -0.1) is 0 Å². The molecule has 0 aliphatic carbocycles. The van der Waals surface area contributed by atoms with Crippen molar-refractivity contribution in [1.82, 2.24) is 9.78 Å². The van der Waals surface area contributed by atoms with Crippen LogP contribution in [0.4, 0.5) is 5.69 Å². The Hall–Kier alpha value is -3.19. The summed E-state index contributed by atoms with van der Waals surface area (Å²) in [6.45, 7) is 4.44. The predicted molar refractivity (Wildman–Crippen MR) is 119 cm³/mol. The summed E-state index contributed by atoms with van der Waals surface area (Å²) >= 11 is 5.92. The summed E-state index contributed by atoms with van der Waals surface area (Å²) in [5.41, 5.74) is 3.49. The van der Waals surface area contributed by atoms with E-state index in [0.29, 0.717) is 35.0 Å². The van der Waals surface area contributed by atoms with Crippen LogP contribution < -0.4 is 5.56 Å². The van der Waals surface area contributed by atoms with E-state index in [1.54, 1.807) is 12.1 Å². The Morgan fingerprint density at radius 3 is 2.40 bits per heavy atom. The molecule has 0 atom stereocenters. The van der Waals surface area contributed by atoms with E-state index in [2.05, 4.69) is 10.1 Å². The van der Waals surface area contributed by atoms with Gasteiger partial charge in [0, 0.05) is 35.1 Å². The minimum absolute atomic E-state index is 0.0210. The summed E-state index contributed by atoms with van der Waals surface area (Å²) in [4.78, 5) is 28.1. The van der Waals surface area contributed by atoms with Crippen molar-refractivity contribution in [3.8, 4) is 5.69 Å². The lowest BCUT2D eigenvalue weighted by molar-refractivity contribution is -0.384. The Balaban J connectivity index is 1.88. The van der Waals surface area contributed by atoms with Crippen molar-refractivity contribution in [3.05, 3.63) is 90.8 Å². The Bertz CT molecular complexity index is 1110. The van der Waals surface area contributed by atoms with Gasteiger partial charge in [-0.1, -0.05) is 37.1 Å². The normalized spacial score (nSPS) is 11.6. The molecule has 2 aromatic carbocycles. The summed E-state index contributed by atoms with van der Waals surface area (Å²) in [5, 5.41) is 14.7. The van der Waals surface area contributed by atoms with E-state index in [-0.39, 0.29) is 11.2 Å². The average molecular weight is 427 g/mol. The number of aromatic nitrogens is 2. The van der Waals surface area contributed by atoms with E-state index in [1.165, 1.54) is 16.8 Å². The van der Waals surface area contributed by atoms with Gasteiger partial charge < -0.3 is 0 Å². The van der Waals surface area contributed by atoms with E-state index < -0.39 is 4.92 Å². The highest BCUT2D eigenvalue weighted by atomic mass is 35.5. The SMILES string of the molecule is CCCc1[nH]n(-c2ccc([N+](=O)[O-])cc2)c(=O)c1C(C)=NCCc1ccc(Cl)cc1. The number of nitro benzene ring substituents is 1. The third-order valence-electron chi connectivity index (χ3n) is 4.81. The Labute approximate surface area is 179 Å². The fraction of sp³-hybridized carbons (Fsp3) is 0.273. The molecule has 0 aliphatic heterocycles. The molecule has 0 amide bonds. The molecule has 0 spiro atoms. The van der Waals surface area contributed by atoms with Gasteiger partial charge in [0.2, 0.25) is 0 Å². The van der Waals surface area contributed by atoms with Gasteiger partial charge in [0.1, 0.15) is 0 Å². The number of benzene rings is 2. The summed E-state index contributed by atoms with van der Waals surface area (Å²) in [7, 11) is 0. The molecular weight excluding hydrogens is 404 g/mol. The second-order valence-corrected chi connectivity index (χ2v) is 7.41. The third kappa shape index (κ3) is 4.86. The van der Waals surface area contributed by atoms with Crippen LogP contribution in [0.5, 0.6) is 0 Å². The maximum atomic E-state index is 13.1. The maximum absolute atomic E-state index is 13.1. The number of halogens is 1. The number of aliphatic imine (C=N–C) groups is 1. The highest BCUT2D eigenvalue weighted by Gasteiger charge is 2.17. The van der Waals surface area contributed by atoms with Crippen molar-refractivity contribution >= 4 is 23.0 Å². The number of H-pyrrole nitrogens is 1. The Morgan fingerprint density at radius 1 is 1.13 bits per heavy atom. The highest BCUT2D eigenvalue weighted by molar-refractivity contribution is 6.30. The minimum atomic E-state index is -0.466. The summed E-state index contributed by atoms with van der Waals surface area (Å²) < 4.78 is 1.42. The maximum Gasteiger partial charge on any atom is 0.280 e. The van der Waals surface area contributed by atoms with Gasteiger partial charge in [0.25, 0.3) is 11.2 Å². The molecule has 1 N–H and O–H groups in total. The number of nitrogens with zero attached hydrogens (tertiary/aromatic N) is 3. The van der Waals surface area contributed by atoms with E-state index in [0.717, 1.165) is 24.1 Å². The first-order valence-electron chi connectivity index (χ1n) is 9.75. The van der Waals surface area contributed by atoms with Gasteiger partial charge in [-0.05, 0) is 49.6 Å². The second-order valence-electron chi connectivity index (χ2n) is 6.97. The topological polar surface area (TPSA) is 93.3 Å². The quantitative estimate of drug-likeness (QED) is 0.320. The van der Waals surface area contributed by atoms with E-state index in [1.807, 2.05) is 38.1 Å². The molecule has 1 aromatic heterocycles. The molecule has 0 saturated carbocycles. The molecule has 0 unspecified atom stereocenters. The van der Waals surface area contributed by atoms with Crippen LogP contribution >= 0.6 is 11.6 Å². The zero-order chi connectivity index (χ0) is 21.7. The zero-order valence-corrected chi connectivity index (χ0v) is 17.6. The molecule has 0 radical (unpaired) electrons. The highest BCUT2D eigenvalue weighted by Crippen LogP contribution is 2.16. The van der Waals surface area contributed by atoms with Crippen LogP contribution in [0.15, 0.2) is 58.3 Å². The first-order valence-corrected chi connectivity index (χ1v) is 10.1. The zero-order valence-electron chi connectivity index (χ0n) is 16.9. The van der Waals surface area contributed by atoms with E-state index in [9.17, 15) is 14.9 Å². The van der Waals surface area contributed by atoms with Crippen LogP contribution in [-0.2, 0) is 12.8 Å². The molecule has 7 nitrogen and oxygen atoms in total. The van der Waals surface area contributed by atoms with E-state index in [4.69, 9.17) is 11.6 Å². The number of aromatic amines is 1. The average Bonchev–Trinajstić information content (AvgIpc) is 3.05. The fourth-order valence-electron chi connectivity index (χ4n) is 3.27. The summed E-state index contributed by atoms with van der Waals surface area (Å²) in [6.07, 6.45) is 2.32. The lowest BCUT2D eigenvalue weighted by Gasteiger charge is -2.02. The van der Waals surface area contributed by atoms with Crippen LogP contribution in [0.2, 0.25) is 5.02 Å². The summed E-state index contributed by atoms with van der Waals surface area (Å²) in [5.74, 6) is 0. The van der Waals surface area contributed by atoms with Crippen LogP contribution in [0, 0.1) is 10.1 Å². The lowest BCUT2D eigenvalue weighted by Crippen LogP contribution is -2.20. The molecule has 3 aromatic rings. The lowest BCUT2D eigenvalue weighted by atomic mass is 10.1. The van der Waals surface area contributed by atoms with Gasteiger partial charge >= 0.3 is 0 Å². The largest absolute Gasteiger partial charge is 0.294 e. The predicted octanol–water partition coefficient (Wildman–Crippen LogP) is 4.73. The van der Waals surface area contributed by atoms with Gasteiger partial charge in [0.05, 0.1) is 16.2 Å². The molecule has 0 bridgehead atoms. The smallest absolute Gasteiger partial charge is 0.280 e. The molecular formula is C22H23ClN4O3. The van der Waals surface area contributed by atoms with Crippen molar-refractivity contribution in [2.45, 2.75) is 33.1 Å². The number of hydrogen-bond acceptors (Lipinski definition) is 4. The van der Waals surface area contributed by atoms with Crippen molar-refractivity contribution in [2.24, 2.45) is 4.99 Å². The van der Waals surface area contributed by atoms with Crippen molar-refractivity contribution < 1.29 is 4.92 Å². The van der Waals surface area contributed by atoms with Crippen LogP contribution in [-0.4, -0.2) is 27.0 Å². The molecule has 0 aliphatic rings. The monoisotopic (exact) mass is 426 g/mol. The van der Waals surface area contributed by atoms with Crippen molar-refractivity contribution in [3.63, 3.8) is 0 Å². The standard InChI is InChI=1S/C22H23ClN4O3/c1-3-4-20-21(15(2)24-14-13-16-5-7-17(23)8-6-16)22(28)26(25-20)18-9-11-19(12-10-18)27(29)30/h5-12,25H,3-4,13-14H2,1-2H3.